The van der Waals surface area contributed by atoms with Crippen LogP contribution in [0.25, 0.3) is 44.5 Å². The third kappa shape index (κ3) is 22.7. The van der Waals surface area contributed by atoms with Crippen molar-refractivity contribution in [2.24, 2.45) is 14.1 Å². The number of aromatic nitrogens is 6. The standard InChI is InChI=1S/C29H34FN3O3S.C28H33F3N4O3S.C28H32FN3O3S.C27H31F3N4O3S/c1-20-8-4-5-9-27(20)37(34,35)32-14-6-7-15-33-25(18-32)28(26(33)19-36-3)23-12-10-22(11-13-23)24-16-21(2)29(30)31-17-24;1-19-22(16-32-33(19)2)20-10-12-21(13-11-20)27-24-17-34(14-6-7-15-35(24)25(27)18-38-3)39(36,37)26-9-5-4-8-23(26)28(29,30)31;1-19-7-3-4-8-26(19)36(34,35)31-13-5-6-14-32-24(17-31)27(25(32)18-33)22-11-9-21(10-12-22)23-15-20(2)28(29)30-16-23;1-18-21(15-31-32(18)2)19-9-11-20(12-10-19)26-23-16-33(13-5-6-14-34(23)24(26)17-35)38(36,37)25-8-4-3-7-22(25)27(28,29)30/h4-5,8-13,16-17,25-26,28H,6-7,14-15,18-19H2,1-3H3;4-5,8-13,16,24-25,27H,6-7,14-15,17-18H2,1-3H3;3-4,7-12,15-16,24-25,27,33H,5-6,13-14,17-18H2,1-2H3;3-4,7-12,15,23-24,26,35H,5-6,13-14,16-17H2,1-2H3/t25?,26-,28+;2*24?,25-,27+;23?,24-,26+/m1111/s1. The molecule has 12 atom stereocenters. The summed E-state index contributed by atoms with van der Waals surface area (Å²) >= 11 is 0. The average molecular weight is 2140 g/mol. The zero-order valence-corrected chi connectivity index (χ0v) is 89.0. The molecule has 20 rings (SSSR count). The van der Waals surface area contributed by atoms with E-state index in [0.29, 0.717) is 86.1 Å². The summed E-state index contributed by atoms with van der Waals surface area (Å²) in [5.74, 6) is -0.933. The van der Waals surface area contributed by atoms with Gasteiger partial charge in [0.2, 0.25) is 52.0 Å². The third-order valence-electron chi connectivity index (χ3n) is 31.6. The van der Waals surface area contributed by atoms with E-state index in [2.05, 4.69) is 64.0 Å². The first-order valence-electron chi connectivity index (χ1n) is 51.0. The largest absolute Gasteiger partial charge is 0.417 e. The molecule has 8 aromatic carbocycles. The second kappa shape index (κ2) is 46.3. The van der Waals surface area contributed by atoms with Crippen LogP contribution in [0.2, 0.25) is 0 Å². The highest BCUT2D eigenvalue weighted by atomic mass is 32.2. The van der Waals surface area contributed by atoms with E-state index < -0.39 is 85.3 Å². The summed E-state index contributed by atoms with van der Waals surface area (Å²) in [7, 11) is -8.86. The van der Waals surface area contributed by atoms with Crippen molar-refractivity contribution in [3.05, 3.63) is 310 Å². The predicted octanol–water partition coefficient (Wildman–Crippen LogP) is 17.6. The molecule has 0 spiro atoms. The highest BCUT2D eigenvalue weighted by Crippen LogP contribution is 2.50. The van der Waals surface area contributed by atoms with E-state index in [1.807, 2.05) is 156 Å². The molecule has 8 fully saturated rings. The number of ether oxygens (including phenoxy) is 2. The maximum atomic E-state index is 13.7. The van der Waals surface area contributed by atoms with Crippen LogP contribution in [-0.4, -0.2) is 278 Å². The maximum Gasteiger partial charge on any atom is 0.417 e. The number of hydrogen-bond acceptors (Lipinski definition) is 20. The Labute approximate surface area is 873 Å². The van der Waals surface area contributed by atoms with E-state index in [9.17, 15) is 79.0 Å². The van der Waals surface area contributed by atoms with Crippen LogP contribution in [0.1, 0.15) is 142 Å². The second-order valence-electron chi connectivity index (χ2n) is 40.4. The van der Waals surface area contributed by atoms with Crippen LogP contribution >= 0.6 is 0 Å². The number of nitrogens with zero attached hydrogens (tertiary/aromatic N) is 14. The van der Waals surface area contributed by atoms with Gasteiger partial charge in [-0.05, 0) is 223 Å². The molecule has 0 bridgehead atoms. The molecule has 8 aliphatic rings. The zero-order valence-electron chi connectivity index (χ0n) is 85.7. The third-order valence-corrected chi connectivity index (χ3v) is 39.5. The smallest absolute Gasteiger partial charge is 0.395 e. The number of methoxy groups -OCH3 is 2. The Kier molecular flexibility index (Phi) is 34.1. The fourth-order valence-corrected chi connectivity index (χ4v) is 30.3. The van der Waals surface area contributed by atoms with Gasteiger partial charge in [-0.1, -0.05) is 158 Å². The Morgan fingerprint density at radius 2 is 0.587 bits per heavy atom. The molecule has 800 valence electrons. The van der Waals surface area contributed by atoms with Gasteiger partial charge >= 0.3 is 12.4 Å². The van der Waals surface area contributed by atoms with Gasteiger partial charge in [0.05, 0.1) is 69.5 Å². The van der Waals surface area contributed by atoms with Gasteiger partial charge in [-0.3, -0.25) is 29.0 Å². The quantitative estimate of drug-likeness (QED) is 0.0471. The molecule has 4 aromatic heterocycles. The molecule has 26 nitrogen and oxygen atoms in total. The highest BCUT2D eigenvalue weighted by molar-refractivity contribution is 7.90. The summed E-state index contributed by atoms with van der Waals surface area (Å²) in [6.45, 7) is 17.7. The van der Waals surface area contributed by atoms with Crippen LogP contribution in [0, 0.1) is 53.4 Å². The van der Waals surface area contributed by atoms with Crippen LogP contribution in [0.5, 0.6) is 0 Å². The molecule has 8 saturated heterocycles. The molecule has 0 amide bonds. The van der Waals surface area contributed by atoms with Gasteiger partial charge in [0, 0.05) is 210 Å². The van der Waals surface area contributed by atoms with Gasteiger partial charge in [0.25, 0.3) is 0 Å². The van der Waals surface area contributed by atoms with Crippen molar-refractivity contribution < 1.29 is 88.5 Å². The van der Waals surface area contributed by atoms with E-state index in [-0.39, 0.29) is 111 Å². The van der Waals surface area contributed by atoms with Gasteiger partial charge in [0.15, 0.2) is 0 Å². The molecule has 4 unspecified atom stereocenters. The minimum atomic E-state index is -4.78. The average Bonchev–Trinajstić information content (AvgIpc) is 0.895. The number of hydrogen-bond donors (Lipinski definition) is 2. The van der Waals surface area contributed by atoms with Crippen LogP contribution in [0.15, 0.2) is 251 Å². The number of aliphatic hydroxyl groups excluding tert-OH is 2. The van der Waals surface area contributed by atoms with Crippen molar-refractivity contribution in [2.75, 3.05) is 119 Å². The lowest BCUT2D eigenvalue weighted by Gasteiger charge is -2.57. The Balaban J connectivity index is 0.000000136. The predicted molar refractivity (Wildman–Crippen MR) is 559 cm³/mol. The Hall–Kier alpha value is -10.8. The van der Waals surface area contributed by atoms with Gasteiger partial charge in [-0.15, -0.1) is 0 Å². The number of alkyl halides is 6. The fraction of sp³-hybridized carbons (Fsp3) is 0.429. The number of aryl methyl sites for hydroxylation is 6. The van der Waals surface area contributed by atoms with Crippen molar-refractivity contribution in [1.29, 1.82) is 0 Å². The summed E-state index contributed by atoms with van der Waals surface area (Å²) in [6.07, 6.45) is 3.15. The fourth-order valence-electron chi connectivity index (χ4n) is 23.5. The van der Waals surface area contributed by atoms with E-state index in [1.54, 1.807) is 84.0 Å². The molecule has 0 aliphatic carbocycles. The second-order valence-corrected chi connectivity index (χ2v) is 48.0. The van der Waals surface area contributed by atoms with Gasteiger partial charge in [-0.2, -0.15) is 62.5 Å². The van der Waals surface area contributed by atoms with E-state index >= 15 is 0 Å². The number of halogens is 8. The van der Waals surface area contributed by atoms with Crippen molar-refractivity contribution in [3.63, 3.8) is 0 Å². The summed E-state index contributed by atoms with van der Waals surface area (Å²) in [5.41, 5.74) is 14.3. The summed E-state index contributed by atoms with van der Waals surface area (Å²) in [5, 5.41) is 29.1. The van der Waals surface area contributed by atoms with Crippen LogP contribution in [0.4, 0.5) is 35.1 Å². The van der Waals surface area contributed by atoms with Crippen LogP contribution in [0.3, 0.4) is 0 Å². The number of fused-ring (bicyclic) bond motifs is 4. The topological polar surface area (TPSA) is 283 Å². The molecule has 12 heterocycles. The Morgan fingerprint density at radius 1 is 0.327 bits per heavy atom. The summed E-state index contributed by atoms with van der Waals surface area (Å²) in [4.78, 5) is 16.1. The molecule has 2 N–H and O–H groups in total. The molecule has 38 heteroatoms. The minimum absolute atomic E-state index is 0.0122. The van der Waals surface area contributed by atoms with E-state index in [4.69, 9.17) is 9.47 Å². The van der Waals surface area contributed by atoms with Crippen LogP contribution in [-0.2, 0) is 76.0 Å². The first-order chi connectivity index (χ1) is 71.7. The number of aliphatic hydroxyl groups is 2. The van der Waals surface area contributed by atoms with E-state index in [1.165, 1.54) is 39.1 Å². The molecule has 150 heavy (non-hydrogen) atoms. The highest BCUT2D eigenvalue weighted by Gasteiger charge is 2.56. The maximum absolute atomic E-state index is 13.7. The molecule has 12 aromatic rings. The molecule has 0 radical (unpaired) electrons. The zero-order chi connectivity index (χ0) is 107. The minimum Gasteiger partial charge on any atom is -0.395 e. The molecule has 8 aliphatic heterocycles. The number of benzene rings is 8. The first-order valence-corrected chi connectivity index (χ1v) is 56.8. The summed E-state index contributed by atoms with van der Waals surface area (Å²) < 4.78 is 239. The number of pyridine rings is 2. The molecular weight excluding hydrogens is 2010 g/mol. The van der Waals surface area contributed by atoms with Gasteiger partial charge < -0.3 is 19.7 Å². The lowest BCUT2D eigenvalue weighted by atomic mass is 9.74. The summed E-state index contributed by atoms with van der Waals surface area (Å²) in [6, 6.07) is 58.9. The number of rotatable bonds is 22. The van der Waals surface area contributed by atoms with Crippen molar-refractivity contribution >= 4 is 40.1 Å². The SMILES string of the molecule is COC[C@@H]1[C@@H](c2ccc(-c3cnc(F)c(C)c3)cc2)C2CN(S(=O)(=O)c3ccccc3C)CCCCN21.COC[C@@H]1[C@@H](c2ccc(-c3cnn(C)c3C)cc2)C2CN(S(=O)(=O)c3ccccc3C(F)(F)F)CCCCN21.Cc1c(-c2ccc([C@H]3C4CN(S(=O)(=O)c5ccccc5C(F)(F)F)CCCCN4[C@@H]3CO)cc2)cnn1C.Cc1ccccc1S(=O)(=O)N1CCCCN2C(C1)[C@H](c1ccc(-c3cnc(F)c(C)c3)cc1)[C@H]2CO. The van der Waals surface area contributed by atoms with Gasteiger partial charge in [0.1, 0.15) is 0 Å². The molecule has 0 saturated carbocycles. The van der Waals surface area contributed by atoms with Crippen LogP contribution < -0.4 is 0 Å². The van der Waals surface area contributed by atoms with E-state index in [0.717, 1.165) is 165 Å². The Bertz CT molecular complexity index is 7240. The monoisotopic (exact) mass is 2140 g/mol. The first kappa shape index (κ1) is 110. The van der Waals surface area contributed by atoms with Crippen molar-refractivity contribution in [3.8, 4) is 44.5 Å². The molecular formula is C112H130F8N14O12S4. The number of sulfonamides is 4. The lowest BCUT2D eigenvalue weighted by molar-refractivity contribution is -0.140. The lowest BCUT2D eigenvalue weighted by Crippen LogP contribution is -2.68. The Morgan fingerprint density at radius 3 is 0.853 bits per heavy atom. The van der Waals surface area contributed by atoms with Crippen molar-refractivity contribution in [2.45, 2.75) is 197 Å². The van der Waals surface area contributed by atoms with Crippen molar-refractivity contribution in [1.82, 2.24) is 66.3 Å². The normalized spacial score (nSPS) is 23.2. The van der Waals surface area contributed by atoms with Gasteiger partial charge in [-0.25, -0.2) is 43.6 Å².